The number of phenolic OH excluding ortho intramolecular Hbond substituents is 1. The van der Waals surface area contributed by atoms with E-state index in [1.165, 1.54) is 0 Å². The van der Waals surface area contributed by atoms with Gasteiger partial charge in [-0.15, -0.1) is 0 Å². The topological polar surface area (TPSA) is 104 Å². The van der Waals surface area contributed by atoms with Crippen molar-refractivity contribution in [2.24, 2.45) is 0 Å². The highest BCUT2D eigenvalue weighted by molar-refractivity contribution is 5.77. The number of rotatable bonds is 11. The number of aromatic hydroxyl groups is 1. The molecule has 2 rings (SSSR count). The van der Waals surface area contributed by atoms with Gasteiger partial charge in [-0.05, 0) is 68.0 Å². The second-order valence-corrected chi connectivity index (χ2v) is 6.61. The Kier molecular flexibility index (Phi) is 7.87. The molecule has 0 fully saturated rings. The lowest BCUT2D eigenvalue weighted by molar-refractivity contribution is -0.138. The second-order valence-electron chi connectivity index (χ2n) is 6.61. The first-order chi connectivity index (χ1) is 13.4. The van der Waals surface area contributed by atoms with Crippen molar-refractivity contribution in [2.75, 3.05) is 6.61 Å². The Hall–Kier alpha value is -3.02. The molecule has 2 aromatic carbocycles. The summed E-state index contributed by atoms with van der Waals surface area (Å²) in [4.78, 5) is 21.5. The number of carboxylic acid groups (broad SMARTS) is 2. The van der Waals surface area contributed by atoms with Crippen molar-refractivity contribution in [3.8, 4) is 22.6 Å². The van der Waals surface area contributed by atoms with Crippen LogP contribution in [-0.2, 0) is 22.4 Å². The van der Waals surface area contributed by atoms with Gasteiger partial charge in [0.15, 0.2) is 0 Å². The third-order valence-corrected chi connectivity index (χ3v) is 4.41. The van der Waals surface area contributed by atoms with Crippen LogP contribution in [0.3, 0.4) is 0 Å². The minimum absolute atomic E-state index is 0.0967. The summed E-state index contributed by atoms with van der Waals surface area (Å²) in [6.07, 6.45) is 2.47. The van der Waals surface area contributed by atoms with E-state index in [1.54, 1.807) is 12.1 Å². The molecule has 0 heterocycles. The fourth-order valence-electron chi connectivity index (χ4n) is 3.07. The van der Waals surface area contributed by atoms with Crippen LogP contribution in [0, 0.1) is 0 Å². The van der Waals surface area contributed by atoms with E-state index in [0.29, 0.717) is 43.6 Å². The Morgan fingerprint density at radius 3 is 1.93 bits per heavy atom. The fraction of sp³-hybridized carbons (Fsp3) is 0.364. The molecule has 6 heteroatoms. The molecular weight excluding hydrogens is 360 g/mol. The molecule has 0 aliphatic rings. The average Bonchev–Trinajstić information content (AvgIpc) is 2.64. The molecule has 3 N–H and O–H groups in total. The fourth-order valence-corrected chi connectivity index (χ4v) is 3.07. The first kappa shape index (κ1) is 21.3. The molecule has 0 amide bonds. The van der Waals surface area contributed by atoms with Crippen LogP contribution in [0.2, 0.25) is 0 Å². The van der Waals surface area contributed by atoms with E-state index in [0.717, 1.165) is 16.7 Å². The molecular formula is C22H26O6. The first-order valence-electron chi connectivity index (χ1n) is 9.42. The maximum absolute atomic E-state index is 10.7. The van der Waals surface area contributed by atoms with Crippen LogP contribution in [-0.4, -0.2) is 33.9 Å². The summed E-state index contributed by atoms with van der Waals surface area (Å²) in [5.41, 5.74) is 3.27. The average molecular weight is 386 g/mol. The van der Waals surface area contributed by atoms with Crippen LogP contribution >= 0.6 is 0 Å². The van der Waals surface area contributed by atoms with Crippen LogP contribution in [0.25, 0.3) is 11.1 Å². The van der Waals surface area contributed by atoms with E-state index in [4.69, 9.17) is 14.9 Å². The highest BCUT2D eigenvalue weighted by Crippen LogP contribution is 2.37. The number of hydrogen-bond donors (Lipinski definition) is 3. The summed E-state index contributed by atoms with van der Waals surface area (Å²) in [7, 11) is 0. The molecule has 0 saturated carbocycles. The van der Waals surface area contributed by atoms with Crippen molar-refractivity contribution in [3.63, 3.8) is 0 Å². The van der Waals surface area contributed by atoms with E-state index >= 15 is 0 Å². The van der Waals surface area contributed by atoms with Gasteiger partial charge in [-0.25, -0.2) is 0 Å². The molecule has 0 aliphatic heterocycles. The quantitative estimate of drug-likeness (QED) is 0.533. The van der Waals surface area contributed by atoms with Gasteiger partial charge in [-0.3, -0.25) is 9.59 Å². The number of ether oxygens (including phenoxy) is 1. The highest BCUT2D eigenvalue weighted by Gasteiger charge is 2.13. The van der Waals surface area contributed by atoms with Crippen LogP contribution in [0.5, 0.6) is 11.5 Å². The van der Waals surface area contributed by atoms with Gasteiger partial charge in [-0.2, -0.15) is 0 Å². The predicted octanol–water partition coefficient (Wildman–Crippen LogP) is 4.27. The third-order valence-electron chi connectivity index (χ3n) is 4.41. The molecule has 0 saturated heterocycles. The van der Waals surface area contributed by atoms with Gasteiger partial charge in [0, 0.05) is 24.0 Å². The number of benzene rings is 2. The van der Waals surface area contributed by atoms with E-state index < -0.39 is 11.9 Å². The molecule has 0 bridgehead atoms. The van der Waals surface area contributed by atoms with Crippen molar-refractivity contribution < 1.29 is 29.6 Å². The SMILES string of the molecule is CCOc1ccc(CCCC(=O)O)cc1-c1cc(CCCC(=O)O)ccc1O. The predicted molar refractivity (Wildman–Crippen MR) is 106 cm³/mol. The number of aliphatic carboxylic acids is 2. The van der Waals surface area contributed by atoms with E-state index in [1.807, 2.05) is 31.2 Å². The van der Waals surface area contributed by atoms with Gasteiger partial charge in [0.1, 0.15) is 11.5 Å². The standard InChI is InChI=1S/C22H26O6/c1-2-28-20-12-10-16(6-4-8-22(26)27)14-18(20)17-13-15(9-11-19(17)23)5-3-7-21(24)25/h9-14,23H,2-8H2,1H3,(H,24,25)(H,26,27). The Morgan fingerprint density at radius 1 is 0.857 bits per heavy atom. The third kappa shape index (κ3) is 6.30. The molecule has 0 atom stereocenters. The molecule has 28 heavy (non-hydrogen) atoms. The number of hydrogen-bond acceptors (Lipinski definition) is 4. The Morgan fingerprint density at radius 2 is 1.39 bits per heavy atom. The van der Waals surface area contributed by atoms with Gasteiger partial charge < -0.3 is 20.1 Å². The van der Waals surface area contributed by atoms with Crippen LogP contribution in [0.15, 0.2) is 36.4 Å². The van der Waals surface area contributed by atoms with Crippen molar-refractivity contribution >= 4 is 11.9 Å². The van der Waals surface area contributed by atoms with Crippen molar-refractivity contribution in [1.82, 2.24) is 0 Å². The highest BCUT2D eigenvalue weighted by atomic mass is 16.5. The normalized spacial score (nSPS) is 10.6. The summed E-state index contributed by atoms with van der Waals surface area (Å²) >= 11 is 0. The summed E-state index contributed by atoms with van der Waals surface area (Å²) in [5, 5.41) is 28.0. The molecule has 0 radical (unpaired) electrons. The minimum atomic E-state index is -0.827. The van der Waals surface area contributed by atoms with Gasteiger partial charge >= 0.3 is 11.9 Å². The summed E-state index contributed by atoms with van der Waals surface area (Å²) in [5.74, 6) is -0.891. The van der Waals surface area contributed by atoms with Crippen LogP contribution in [0.1, 0.15) is 43.7 Å². The van der Waals surface area contributed by atoms with Gasteiger partial charge in [-0.1, -0.05) is 12.1 Å². The van der Waals surface area contributed by atoms with E-state index in [9.17, 15) is 14.7 Å². The van der Waals surface area contributed by atoms with Crippen LogP contribution < -0.4 is 4.74 Å². The molecule has 0 spiro atoms. The molecule has 2 aromatic rings. The molecule has 6 nitrogen and oxygen atoms in total. The number of carbonyl (C=O) groups is 2. The zero-order valence-corrected chi connectivity index (χ0v) is 16.0. The van der Waals surface area contributed by atoms with Gasteiger partial charge in [0.2, 0.25) is 0 Å². The van der Waals surface area contributed by atoms with Crippen molar-refractivity contribution in [3.05, 3.63) is 47.5 Å². The Bertz CT molecular complexity index is 828. The summed E-state index contributed by atoms with van der Waals surface area (Å²) in [6.45, 7) is 2.36. The van der Waals surface area contributed by atoms with Gasteiger partial charge in [0.25, 0.3) is 0 Å². The number of carboxylic acids is 2. The maximum atomic E-state index is 10.7. The summed E-state index contributed by atoms with van der Waals surface area (Å²) in [6, 6.07) is 10.9. The molecule has 150 valence electrons. The largest absolute Gasteiger partial charge is 0.507 e. The smallest absolute Gasteiger partial charge is 0.303 e. The lowest BCUT2D eigenvalue weighted by Gasteiger charge is -2.15. The number of aryl methyl sites for hydroxylation is 2. The number of phenols is 1. The van der Waals surface area contributed by atoms with Crippen molar-refractivity contribution in [2.45, 2.75) is 45.4 Å². The summed E-state index contributed by atoms with van der Waals surface area (Å²) < 4.78 is 5.71. The Balaban J connectivity index is 2.31. The molecule has 0 unspecified atom stereocenters. The van der Waals surface area contributed by atoms with Crippen LogP contribution in [0.4, 0.5) is 0 Å². The zero-order valence-electron chi connectivity index (χ0n) is 16.0. The monoisotopic (exact) mass is 386 g/mol. The van der Waals surface area contributed by atoms with E-state index in [-0.39, 0.29) is 18.6 Å². The lowest BCUT2D eigenvalue weighted by atomic mass is 9.96. The molecule has 0 aromatic heterocycles. The first-order valence-corrected chi connectivity index (χ1v) is 9.42. The maximum Gasteiger partial charge on any atom is 0.303 e. The van der Waals surface area contributed by atoms with E-state index in [2.05, 4.69) is 0 Å². The Labute approximate surface area is 164 Å². The zero-order chi connectivity index (χ0) is 20.5. The minimum Gasteiger partial charge on any atom is -0.507 e. The van der Waals surface area contributed by atoms with Gasteiger partial charge in [0.05, 0.1) is 6.61 Å². The van der Waals surface area contributed by atoms with Crippen molar-refractivity contribution in [1.29, 1.82) is 0 Å². The second kappa shape index (κ2) is 10.3. The lowest BCUT2D eigenvalue weighted by Crippen LogP contribution is -1.99. The molecule has 0 aliphatic carbocycles.